The zero-order valence-electron chi connectivity index (χ0n) is 31.1. The van der Waals surface area contributed by atoms with E-state index in [2.05, 4.69) is 13.1 Å². The van der Waals surface area contributed by atoms with E-state index in [4.69, 9.17) is 6.48 Å². The molecular weight excluding hydrogens is 795 g/mol. The summed E-state index contributed by atoms with van der Waals surface area (Å²) in [6, 6.07) is 27.8. The fourth-order valence-corrected chi connectivity index (χ4v) is 5.36. The maximum atomic E-state index is 12.3. The number of aryl methyl sites for hydroxylation is 1. The van der Waals surface area contributed by atoms with Crippen LogP contribution in [0.25, 0.3) is 32.3 Å². The summed E-state index contributed by atoms with van der Waals surface area (Å²) in [5.74, 6) is -1.09. The highest BCUT2D eigenvalue weighted by Crippen LogP contribution is 2.35. The predicted octanol–water partition coefficient (Wildman–Crippen LogP) is 10.1. The second-order valence-corrected chi connectivity index (χ2v) is 14.0. The van der Waals surface area contributed by atoms with Crippen LogP contribution in [0, 0.1) is 6.92 Å². The van der Waals surface area contributed by atoms with Gasteiger partial charge in [0.1, 0.15) is 17.2 Å². The number of hydrogen-bond donors (Lipinski definition) is 3. The van der Waals surface area contributed by atoms with Gasteiger partial charge in [0, 0.05) is 43.4 Å². The van der Waals surface area contributed by atoms with E-state index in [0.29, 0.717) is 28.6 Å². The number of phenolic OH excluding ortho intramolecular Hbond substituents is 3. The molecule has 0 aliphatic rings. The van der Waals surface area contributed by atoms with Crippen molar-refractivity contribution in [2.24, 2.45) is 0 Å². The van der Waals surface area contributed by atoms with Gasteiger partial charge < -0.3 is 28.4 Å². The van der Waals surface area contributed by atoms with Crippen molar-refractivity contribution < 1.29 is 73.0 Å². The molecule has 56 heavy (non-hydrogen) atoms. The van der Waals surface area contributed by atoms with Crippen molar-refractivity contribution >= 4 is 52.6 Å². The van der Waals surface area contributed by atoms with E-state index in [-0.39, 0.29) is 22.6 Å². The second kappa shape index (κ2) is 19.9. The Hall–Kier alpha value is -5.46. The van der Waals surface area contributed by atoms with Crippen LogP contribution in [0.4, 0.5) is 26.3 Å². The maximum Gasteiger partial charge on any atom is 0.534 e. The Morgan fingerprint density at radius 3 is 1.36 bits per heavy atom. The fourth-order valence-electron chi connectivity index (χ4n) is 4.42. The number of methoxy groups -OCH3 is 1. The van der Waals surface area contributed by atoms with Gasteiger partial charge in [-0.2, -0.15) is 43.2 Å². The highest BCUT2D eigenvalue weighted by atomic mass is 32.2. The average molecular weight is 834 g/mol. The Kier molecular flexibility index (Phi) is 16.0. The van der Waals surface area contributed by atoms with Crippen LogP contribution < -0.4 is 8.37 Å². The Labute approximate surface area is 320 Å². The molecule has 18 heteroatoms. The van der Waals surface area contributed by atoms with Crippen LogP contribution in [0.5, 0.6) is 28.7 Å². The molecule has 6 aromatic carbocycles. The van der Waals surface area contributed by atoms with Gasteiger partial charge in [0.05, 0.1) is 0 Å². The molecule has 0 fully saturated rings. The largest absolute Gasteiger partial charge is 0.534 e. The lowest BCUT2D eigenvalue weighted by atomic mass is 10.1. The topological polar surface area (TPSA) is 157 Å². The summed E-state index contributed by atoms with van der Waals surface area (Å²) in [6.07, 6.45) is 0. The normalized spacial score (nSPS) is 11.6. The van der Waals surface area contributed by atoms with Crippen LogP contribution in [0.2, 0.25) is 0 Å². The lowest BCUT2D eigenvalue weighted by Crippen LogP contribution is -2.28. The van der Waals surface area contributed by atoms with E-state index in [9.17, 15) is 53.4 Å². The highest BCUT2D eigenvalue weighted by Gasteiger charge is 2.49. The molecule has 6 rings (SSSR count). The molecule has 0 amide bonds. The molecular formula is C38H38F6O10S2. The molecule has 0 aliphatic carbocycles. The lowest BCUT2D eigenvalue weighted by molar-refractivity contribution is -0.0504. The summed E-state index contributed by atoms with van der Waals surface area (Å²) in [4.78, 5) is 0. The minimum Gasteiger partial charge on any atom is -0.508 e. The number of benzene rings is 6. The molecule has 0 saturated carbocycles. The quantitative estimate of drug-likeness (QED) is 0.0868. The molecule has 0 bridgehead atoms. The molecule has 0 aliphatic heterocycles. The molecule has 304 valence electrons. The number of halogens is 6. The summed E-state index contributed by atoms with van der Waals surface area (Å²) in [5, 5.41) is 30.9. The Bertz CT molecular complexity index is 2330. The van der Waals surface area contributed by atoms with Crippen molar-refractivity contribution in [3.63, 3.8) is 0 Å². The minimum absolute atomic E-state index is 0.0891. The maximum absolute atomic E-state index is 12.3. The average Bonchev–Trinajstić information content (AvgIpc) is 3.11. The van der Waals surface area contributed by atoms with Crippen LogP contribution in [0.15, 0.2) is 109 Å². The third kappa shape index (κ3) is 12.8. The number of aromatic hydroxyl groups is 3. The molecule has 0 aromatic heterocycles. The Morgan fingerprint density at radius 1 is 0.607 bits per heavy atom. The lowest BCUT2D eigenvalue weighted by Gasteiger charge is -2.12. The summed E-state index contributed by atoms with van der Waals surface area (Å²) in [5.41, 5.74) is -10.4. The summed E-state index contributed by atoms with van der Waals surface area (Å²) in [6.45, 7) is 6.71. The predicted molar refractivity (Wildman–Crippen MR) is 202 cm³/mol. The van der Waals surface area contributed by atoms with Crippen molar-refractivity contribution in [3.8, 4) is 28.7 Å². The van der Waals surface area contributed by atoms with Crippen molar-refractivity contribution in [1.29, 1.82) is 0 Å². The molecule has 3 N–H and O–H groups in total. The number of alkyl halides is 6. The first-order valence-electron chi connectivity index (χ1n) is 16.6. The highest BCUT2D eigenvalue weighted by molar-refractivity contribution is 7.88. The van der Waals surface area contributed by atoms with E-state index >= 15 is 0 Å². The van der Waals surface area contributed by atoms with Crippen LogP contribution in [0.1, 0.15) is 27.7 Å². The van der Waals surface area contributed by atoms with E-state index in [0.717, 1.165) is 23.4 Å². The van der Waals surface area contributed by atoms with E-state index < -0.39 is 42.8 Å². The number of phenols is 3. The second-order valence-electron chi connectivity index (χ2n) is 10.9. The fraction of sp³-hybridized carbons (Fsp3) is 0.211. The van der Waals surface area contributed by atoms with Crippen molar-refractivity contribution in [2.75, 3.05) is 13.7 Å². The van der Waals surface area contributed by atoms with Gasteiger partial charge >= 0.3 is 31.3 Å². The van der Waals surface area contributed by atoms with Crippen LogP contribution in [0.3, 0.4) is 0 Å². The van der Waals surface area contributed by atoms with Crippen molar-refractivity contribution in [3.05, 3.63) is 115 Å². The van der Waals surface area contributed by atoms with Gasteiger partial charge in [-0.05, 0) is 53.8 Å². The van der Waals surface area contributed by atoms with E-state index in [1.165, 1.54) is 42.5 Å². The zero-order chi connectivity index (χ0) is 43.2. The van der Waals surface area contributed by atoms with Gasteiger partial charge in [-0.15, -0.1) is 0 Å². The summed E-state index contributed by atoms with van der Waals surface area (Å²) >= 11 is 0. The third-order valence-electron chi connectivity index (χ3n) is 6.86. The number of hydrogen-bond acceptors (Lipinski definition) is 10. The van der Waals surface area contributed by atoms with Gasteiger partial charge in [-0.3, -0.25) is 0 Å². The Morgan fingerprint density at radius 2 is 0.946 bits per heavy atom. The van der Waals surface area contributed by atoms with Gasteiger partial charge in [0.2, 0.25) is 0 Å². The van der Waals surface area contributed by atoms with Crippen LogP contribution in [-0.4, -0.2) is 56.9 Å². The number of ether oxygens (including phenoxy) is 1. The van der Waals surface area contributed by atoms with Crippen LogP contribution >= 0.6 is 0 Å². The van der Waals surface area contributed by atoms with Gasteiger partial charge in [0.15, 0.2) is 11.5 Å². The first-order valence-corrected chi connectivity index (χ1v) is 18.7. The number of rotatable bonds is 5. The first kappa shape index (κ1) is 44.9. The molecule has 0 heterocycles. The number of fused-ring (bicyclic) bond motifs is 3. The first-order chi connectivity index (χ1) is 26.5. The van der Waals surface area contributed by atoms with Gasteiger partial charge in [0.25, 0.3) is 0 Å². The molecule has 6 aromatic rings. The monoisotopic (exact) mass is 833 g/mol. The van der Waals surface area contributed by atoms with Gasteiger partial charge in [-0.25, -0.2) is 0 Å². The Balaban J connectivity index is 0.000000277. The van der Waals surface area contributed by atoms with Crippen molar-refractivity contribution in [1.82, 2.24) is 0 Å². The molecule has 0 radical (unpaired) electrons. The molecule has 10 nitrogen and oxygen atoms in total. The SMILES string of the molecule is CCOC.Cc1cc(OS(=O)(=O)C(F)(F)F)c2ccccc2c1.O=S(=O)(Oc1cc(O)cc2ccccc12)C(F)(F)F.Oc1cc(O)c2ccccc2c1.[2H]CC. The summed E-state index contributed by atoms with van der Waals surface area (Å²) < 4.78 is 137. The molecule has 0 atom stereocenters. The molecule has 0 spiro atoms. The van der Waals surface area contributed by atoms with Crippen LogP contribution in [-0.2, 0) is 25.0 Å². The third-order valence-corrected chi connectivity index (χ3v) is 8.79. The zero-order valence-corrected chi connectivity index (χ0v) is 31.7. The minimum atomic E-state index is -5.77. The van der Waals surface area contributed by atoms with E-state index in [1.807, 2.05) is 31.2 Å². The summed E-state index contributed by atoms with van der Waals surface area (Å²) in [7, 11) is -9.75. The van der Waals surface area contributed by atoms with Gasteiger partial charge in [-0.1, -0.05) is 92.7 Å². The van der Waals surface area contributed by atoms with E-state index in [1.54, 1.807) is 57.4 Å². The standard InChI is InChI=1S/C12H9F3O3S.C11H7F3O4S.C10H8O2.C3H8O.C2H6/c1-8-6-9-4-2-3-5-10(9)11(7-8)18-19(16,17)12(13,14)15;12-11(13,14)19(16,17)18-10-6-8(15)5-7-3-1-2-4-9(7)10;11-8-5-7-3-1-2-4-9(7)10(12)6-8;1-3-4-2;1-2/h2-7H,1H3;1-6,15H;1-6,11-12H;3H2,1-2H3;1-2H3/i;;;;1D. The molecule has 0 saturated heterocycles. The molecule has 0 unspecified atom stereocenters. The van der Waals surface area contributed by atoms with Crippen molar-refractivity contribution in [2.45, 2.75) is 38.7 Å². The smallest absolute Gasteiger partial charge is 0.508 e.